The predicted molar refractivity (Wildman–Crippen MR) is 84.1 cm³/mol. The highest BCUT2D eigenvalue weighted by Gasteiger charge is 2.22. The van der Waals surface area contributed by atoms with Gasteiger partial charge in [0.05, 0.1) is 12.6 Å². The summed E-state index contributed by atoms with van der Waals surface area (Å²) < 4.78 is 0.980. The number of fused-ring (bicyclic) bond motifs is 1. The zero-order valence-corrected chi connectivity index (χ0v) is 12.8. The van der Waals surface area contributed by atoms with Gasteiger partial charge in [-0.3, -0.25) is 10.1 Å². The molecule has 2 aromatic carbocycles. The number of halogens is 2. The first-order chi connectivity index (χ1) is 9.63. The van der Waals surface area contributed by atoms with Crippen LogP contribution in [0.1, 0.15) is 17.2 Å². The van der Waals surface area contributed by atoms with Gasteiger partial charge in [-0.15, -0.1) is 0 Å². The lowest BCUT2D eigenvalue weighted by Crippen LogP contribution is -2.27. The maximum atomic E-state index is 11.8. The molecule has 3 nitrogen and oxygen atoms in total. The molecule has 5 heteroatoms. The average Bonchev–Trinajstić information content (AvgIpc) is 2.58. The Bertz CT molecular complexity index is 657. The van der Waals surface area contributed by atoms with E-state index in [1.807, 2.05) is 42.5 Å². The normalized spacial score (nSPS) is 18.1. The van der Waals surface area contributed by atoms with Gasteiger partial charge in [-0.1, -0.05) is 39.7 Å². The molecule has 0 saturated heterocycles. The van der Waals surface area contributed by atoms with Gasteiger partial charge in [-0.25, -0.2) is 0 Å². The van der Waals surface area contributed by atoms with E-state index in [9.17, 15) is 4.79 Å². The smallest absolute Gasteiger partial charge is 0.238 e. The second-order valence-corrected chi connectivity index (χ2v) is 6.00. The molecule has 1 aliphatic heterocycles. The first kappa shape index (κ1) is 13.6. The SMILES string of the molecule is O=C1CN[C@@H](c2ccc(Cl)cc2)c2cc(Br)ccc2N1. The molecule has 0 saturated carbocycles. The number of carbonyl (C=O) groups is 1. The minimum absolute atomic E-state index is 0.0370. The Morgan fingerprint density at radius 2 is 1.90 bits per heavy atom. The van der Waals surface area contributed by atoms with Crippen molar-refractivity contribution in [1.82, 2.24) is 5.32 Å². The largest absolute Gasteiger partial charge is 0.325 e. The number of nitrogens with one attached hydrogen (secondary N) is 2. The Hall–Kier alpha value is -1.36. The molecule has 0 spiro atoms. The maximum absolute atomic E-state index is 11.8. The van der Waals surface area contributed by atoms with Crippen LogP contribution in [0.15, 0.2) is 46.9 Å². The second kappa shape index (κ2) is 5.56. The Labute approximate surface area is 130 Å². The number of hydrogen-bond acceptors (Lipinski definition) is 2. The summed E-state index contributed by atoms with van der Waals surface area (Å²) >= 11 is 9.42. The van der Waals surface area contributed by atoms with E-state index >= 15 is 0 Å². The van der Waals surface area contributed by atoms with Crippen molar-refractivity contribution in [3.63, 3.8) is 0 Å². The summed E-state index contributed by atoms with van der Waals surface area (Å²) in [5.41, 5.74) is 2.95. The van der Waals surface area contributed by atoms with Crippen molar-refractivity contribution in [3.8, 4) is 0 Å². The average molecular weight is 352 g/mol. The highest BCUT2D eigenvalue weighted by atomic mass is 79.9. The van der Waals surface area contributed by atoms with Crippen LogP contribution in [0.5, 0.6) is 0 Å². The van der Waals surface area contributed by atoms with E-state index in [1.165, 1.54) is 0 Å². The molecule has 0 aliphatic carbocycles. The van der Waals surface area contributed by atoms with Crippen LogP contribution in [0, 0.1) is 0 Å². The highest BCUT2D eigenvalue weighted by molar-refractivity contribution is 9.10. The number of rotatable bonds is 1. The van der Waals surface area contributed by atoms with Crippen molar-refractivity contribution in [1.29, 1.82) is 0 Å². The van der Waals surface area contributed by atoms with Crippen LogP contribution < -0.4 is 10.6 Å². The Balaban J connectivity index is 2.09. The Morgan fingerprint density at radius 1 is 1.15 bits per heavy atom. The van der Waals surface area contributed by atoms with Crippen LogP contribution in [0.4, 0.5) is 5.69 Å². The van der Waals surface area contributed by atoms with Crippen LogP contribution in [-0.4, -0.2) is 12.5 Å². The third kappa shape index (κ3) is 2.73. The number of benzene rings is 2. The third-order valence-electron chi connectivity index (χ3n) is 3.27. The molecule has 20 heavy (non-hydrogen) atoms. The molecule has 1 atom stereocenters. The minimum Gasteiger partial charge on any atom is -0.325 e. The molecule has 0 aromatic heterocycles. The zero-order valence-electron chi connectivity index (χ0n) is 10.5. The first-order valence-electron chi connectivity index (χ1n) is 6.21. The van der Waals surface area contributed by atoms with Crippen LogP contribution in [-0.2, 0) is 4.79 Å². The number of anilines is 1. The molecule has 0 unspecified atom stereocenters. The maximum Gasteiger partial charge on any atom is 0.238 e. The number of hydrogen-bond donors (Lipinski definition) is 2. The Morgan fingerprint density at radius 3 is 2.65 bits per heavy atom. The molecule has 3 rings (SSSR count). The van der Waals surface area contributed by atoms with E-state index in [1.54, 1.807) is 0 Å². The van der Waals surface area contributed by atoms with Gasteiger partial charge in [0, 0.05) is 15.2 Å². The van der Waals surface area contributed by atoms with Crippen molar-refractivity contribution < 1.29 is 4.79 Å². The Kier molecular flexibility index (Phi) is 3.78. The molecule has 2 aromatic rings. The quantitative estimate of drug-likeness (QED) is 0.822. The van der Waals surface area contributed by atoms with Crippen molar-refractivity contribution in [3.05, 3.63) is 63.1 Å². The fraction of sp³-hybridized carbons (Fsp3) is 0.133. The molecule has 1 heterocycles. The highest BCUT2D eigenvalue weighted by Crippen LogP contribution is 2.32. The van der Waals surface area contributed by atoms with Crippen LogP contribution >= 0.6 is 27.5 Å². The van der Waals surface area contributed by atoms with Gasteiger partial charge in [0.25, 0.3) is 0 Å². The standard InChI is InChI=1S/C15H12BrClN2O/c16-10-3-6-13-12(7-10)15(18-8-14(20)19-13)9-1-4-11(17)5-2-9/h1-7,15,18H,8H2,(H,19,20)/t15-/m0/s1. The van der Waals surface area contributed by atoms with Gasteiger partial charge in [0.1, 0.15) is 0 Å². The molecular weight excluding hydrogens is 340 g/mol. The first-order valence-corrected chi connectivity index (χ1v) is 7.39. The molecular formula is C15H12BrClN2O. The summed E-state index contributed by atoms with van der Waals surface area (Å²) in [4.78, 5) is 11.8. The van der Waals surface area contributed by atoms with Gasteiger partial charge < -0.3 is 5.32 Å². The van der Waals surface area contributed by atoms with Crippen molar-refractivity contribution in [2.24, 2.45) is 0 Å². The molecule has 102 valence electrons. The molecule has 0 bridgehead atoms. The molecule has 0 fully saturated rings. The van der Waals surface area contributed by atoms with E-state index in [2.05, 4.69) is 26.6 Å². The topological polar surface area (TPSA) is 41.1 Å². The van der Waals surface area contributed by atoms with E-state index in [-0.39, 0.29) is 18.5 Å². The minimum atomic E-state index is -0.0429. The summed E-state index contributed by atoms with van der Waals surface area (Å²) in [5.74, 6) is -0.0370. The fourth-order valence-corrected chi connectivity index (χ4v) is 2.84. The van der Waals surface area contributed by atoms with Gasteiger partial charge >= 0.3 is 0 Å². The number of carbonyl (C=O) groups excluding carboxylic acids is 1. The van der Waals surface area contributed by atoms with Crippen LogP contribution in [0.3, 0.4) is 0 Å². The van der Waals surface area contributed by atoms with E-state index in [4.69, 9.17) is 11.6 Å². The van der Waals surface area contributed by atoms with Gasteiger partial charge in [-0.2, -0.15) is 0 Å². The number of amides is 1. The predicted octanol–water partition coefficient (Wildman–Crippen LogP) is 3.73. The van der Waals surface area contributed by atoms with Crippen molar-refractivity contribution in [2.45, 2.75) is 6.04 Å². The van der Waals surface area contributed by atoms with Gasteiger partial charge in [-0.05, 0) is 41.5 Å². The van der Waals surface area contributed by atoms with Crippen molar-refractivity contribution in [2.75, 3.05) is 11.9 Å². The van der Waals surface area contributed by atoms with E-state index in [0.717, 1.165) is 21.3 Å². The van der Waals surface area contributed by atoms with Crippen LogP contribution in [0.25, 0.3) is 0 Å². The van der Waals surface area contributed by atoms with E-state index in [0.29, 0.717) is 5.02 Å². The zero-order chi connectivity index (χ0) is 14.1. The van der Waals surface area contributed by atoms with Gasteiger partial charge in [0.2, 0.25) is 5.91 Å². The summed E-state index contributed by atoms with van der Waals surface area (Å²) in [6.45, 7) is 0.277. The van der Waals surface area contributed by atoms with Gasteiger partial charge in [0.15, 0.2) is 0 Å². The summed E-state index contributed by atoms with van der Waals surface area (Å²) in [6, 6.07) is 13.5. The van der Waals surface area contributed by atoms with E-state index < -0.39 is 0 Å². The fourth-order valence-electron chi connectivity index (χ4n) is 2.34. The molecule has 1 aliphatic rings. The summed E-state index contributed by atoms with van der Waals surface area (Å²) in [5, 5.41) is 6.89. The monoisotopic (exact) mass is 350 g/mol. The molecule has 2 N–H and O–H groups in total. The van der Waals surface area contributed by atoms with Crippen molar-refractivity contribution >= 4 is 39.1 Å². The summed E-state index contributed by atoms with van der Waals surface area (Å²) in [6.07, 6.45) is 0. The molecule has 1 amide bonds. The lowest BCUT2D eigenvalue weighted by Gasteiger charge is -2.19. The summed E-state index contributed by atoms with van der Waals surface area (Å²) in [7, 11) is 0. The lowest BCUT2D eigenvalue weighted by atomic mass is 9.97. The lowest BCUT2D eigenvalue weighted by molar-refractivity contribution is -0.115. The molecule has 0 radical (unpaired) electrons. The van der Waals surface area contributed by atoms with Crippen LogP contribution in [0.2, 0.25) is 5.02 Å². The second-order valence-electron chi connectivity index (χ2n) is 4.65. The third-order valence-corrected chi connectivity index (χ3v) is 4.01.